The van der Waals surface area contributed by atoms with Gasteiger partial charge in [-0.2, -0.15) is 0 Å². The number of hydrogen-bond acceptors (Lipinski definition) is 8. The molecule has 0 aliphatic carbocycles. The van der Waals surface area contributed by atoms with Crippen molar-refractivity contribution in [2.75, 3.05) is 32.1 Å². The number of anilines is 2. The summed E-state index contributed by atoms with van der Waals surface area (Å²) in [4.78, 5) is 18.4. The number of hydrogen-bond donors (Lipinski definition) is 2. The van der Waals surface area contributed by atoms with Crippen LogP contribution in [0.2, 0.25) is 0 Å². The summed E-state index contributed by atoms with van der Waals surface area (Å²) in [7, 11) is -1.61. The molecule has 0 bridgehead atoms. The molecule has 0 spiro atoms. The minimum atomic E-state index is -3.75. The molecule has 1 saturated heterocycles. The van der Waals surface area contributed by atoms with Crippen LogP contribution in [0.1, 0.15) is 24.8 Å². The summed E-state index contributed by atoms with van der Waals surface area (Å²) < 4.78 is 45.1. The van der Waals surface area contributed by atoms with Crippen LogP contribution < -0.4 is 14.9 Å². The molecule has 5 rings (SSSR count). The molecule has 1 aliphatic heterocycles. The number of nitrogens with one attached hydrogen (secondary N) is 2. The van der Waals surface area contributed by atoms with Crippen LogP contribution in [0, 0.1) is 11.7 Å². The molecule has 9 nitrogen and oxygen atoms in total. The summed E-state index contributed by atoms with van der Waals surface area (Å²) in [5.41, 5.74) is 2.71. The summed E-state index contributed by atoms with van der Waals surface area (Å²) in [6.07, 6.45) is 4.66. The van der Waals surface area contributed by atoms with Gasteiger partial charge in [0.1, 0.15) is 12.1 Å². The van der Waals surface area contributed by atoms with Crippen LogP contribution >= 0.6 is 0 Å². The first kappa shape index (κ1) is 29.6. The van der Waals surface area contributed by atoms with E-state index in [9.17, 15) is 12.8 Å². The molecule has 2 heterocycles. The van der Waals surface area contributed by atoms with Gasteiger partial charge in [0.05, 0.1) is 23.8 Å². The average molecular weight is 592 g/mol. The number of rotatable bonds is 12. The van der Waals surface area contributed by atoms with Crippen molar-refractivity contribution in [2.45, 2.75) is 30.8 Å². The topological polar surface area (TPSA) is 106 Å². The highest BCUT2D eigenvalue weighted by atomic mass is 32.2. The highest BCUT2D eigenvalue weighted by Crippen LogP contribution is 2.27. The molecule has 0 saturated carbocycles. The van der Waals surface area contributed by atoms with Gasteiger partial charge >= 0.3 is 0 Å². The van der Waals surface area contributed by atoms with E-state index in [2.05, 4.69) is 32.1 Å². The molecular weight excluding hydrogens is 557 g/mol. The third kappa shape index (κ3) is 8.10. The van der Waals surface area contributed by atoms with E-state index < -0.39 is 15.8 Å². The molecule has 220 valence electrons. The fourth-order valence-corrected chi connectivity index (χ4v) is 5.54. The summed E-state index contributed by atoms with van der Waals surface area (Å²) in [5, 5.41) is 3.21. The Morgan fingerprint density at radius 2 is 1.74 bits per heavy atom. The summed E-state index contributed by atoms with van der Waals surface area (Å²) in [6.45, 7) is 2.75. The van der Waals surface area contributed by atoms with Crippen LogP contribution in [0.3, 0.4) is 0 Å². The highest BCUT2D eigenvalue weighted by Gasteiger charge is 2.17. The minimum absolute atomic E-state index is 0.0491. The monoisotopic (exact) mass is 591 g/mol. The van der Waals surface area contributed by atoms with E-state index in [1.807, 2.05) is 24.3 Å². The van der Waals surface area contributed by atoms with E-state index in [1.54, 1.807) is 36.4 Å². The number of piperidine rings is 1. The maximum Gasteiger partial charge on any atom is 0.262 e. The number of ether oxygens (including phenoxy) is 1. The lowest BCUT2D eigenvalue weighted by atomic mass is 9.94. The summed E-state index contributed by atoms with van der Waals surface area (Å²) in [5.74, 6) is 0.989. The van der Waals surface area contributed by atoms with Crippen LogP contribution in [0.15, 0.2) is 90.1 Å². The first-order valence-corrected chi connectivity index (χ1v) is 15.3. The van der Waals surface area contributed by atoms with Gasteiger partial charge in [0.15, 0.2) is 11.6 Å². The molecule has 0 unspecified atom stereocenters. The van der Waals surface area contributed by atoms with Crippen molar-refractivity contribution in [3.63, 3.8) is 0 Å². The molecule has 0 amide bonds. The van der Waals surface area contributed by atoms with Gasteiger partial charge in [-0.25, -0.2) is 22.8 Å². The lowest BCUT2D eigenvalue weighted by molar-refractivity contribution is 0.0795. The van der Waals surface area contributed by atoms with Gasteiger partial charge in [0.2, 0.25) is 0 Å². The zero-order valence-electron chi connectivity index (χ0n) is 23.4. The lowest BCUT2D eigenvalue weighted by Crippen LogP contribution is -2.30. The molecule has 1 aliphatic rings. The highest BCUT2D eigenvalue weighted by molar-refractivity contribution is 7.89. The molecule has 3 aromatic carbocycles. The Labute approximate surface area is 245 Å². The first-order valence-electron chi connectivity index (χ1n) is 13.8. The lowest BCUT2D eigenvalue weighted by Gasteiger charge is -2.28. The quantitative estimate of drug-likeness (QED) is 0.207. The van der Waals surface area contributed by atoms with Crippen molar-refractivity contribution in [2.24, 2.45) is 5.92 Å². The normalized spacial score (nSPS) is 14.5. The zero-order valence-corrected chi connectivity index (χ0v) is 24.2. The number of nitrogens with zero attached hydrogens (tertiary/aromatic N) is 3. The van der Waals surface area contributed by atoms with E-state index in [0.29, 0.717) is 29.6 Å². The smallest absolute Gasteiger partial charge is 0.262 e. The van der Waals surface area contributed by atoms with E-state index in [0.717, 1.165) is 43.6 Å². The third-order valence-electron chi connectivity index (χ3n) is 7.20. The Kier molecular flexibility index (Phi) is 9.75. The van der Waals surface area contributed by atoms with E-state index >= 15 is 0 Å². The Bertz CT molecular complexity index is 1560. The number of likely N-dealkylation sites (tertiary alicyclic amines) is 1. The Balaban J connectivity index is 1.13. The van der Waals surface area contributed by atoms with Crippen LogP contribution in [-0.2, 0) is 21.5 Å². The maximum absolute atomic E-state index is 14.8. The zero-order chi connectivity index (χ0) is 29.4. The van der Waals surface area contributed by atoms with Gasteiger partial charge in [0.25, 0.3) is 10.0 Å². The second-order valence-corrected chi connectivity index (χ2v) is 12.0. The largest absolute Gasteiger partial charge is 0.491 e. The van der Waals surface area contributed by atoms with Gasteiger partial charge in [-0.3, -0.25) is 4.84 Å². The molecule has 1 aromatic heterocycles. The second kappa shape index (κ2) is 13.8. The van der Waals surface area contributed by atoms with Crippen LogP contribution in [0.4, 0.5) is 15.9 Å². The Morgan fingerprint density at radius 1 is 0.976 bits per heavy atom. The minimum Gasteiger partial charge on any atom is -0.491 e. The average Bonchev–Trinajstić information content (AvgIpc) is 3.00. The van der Waals surface area contributed by atoms with Gasteiger partial charge in [0, 0.05) is 17.3 Å². The molecule has 42 heavy (non-hydrogen) atoms. The van der Waals surface area contributed by atoms with Crippen LogP contribution in [-0.4, -0.2) is 50.0 Å². The first-order chi connectivity index (χ1) is 20.4. The summed E-state index contributed by atoms with van der Waals surface area (Å²) >= 11 is 0. The van der Waals surface area contributed by atoms with Gasteiger partial charge < -0.3 is 15.0 Å². The van der Waals surface area contributed by atoms with Crippen molar-refractivity contribution in [3.8, 4) is 17.0 Å². The molecule has 1 fully saturated rings. The number of benzene rings is 3. The fourth-order valence-electron chi connectivity index (χ4n) is 4.72. The molecule has 11 heteroatoms. The van der Waals surface area contributed by atoms with E-state index in [-0.39, 0.29) is 17.3 Å². The van der Waals surface area contributed by atoms with Crippen molar-refractivity contribution in [3.05, 3.63) is 96.6 Å². The standard InChI is InChI=1S/C31H34FN5O4S/c1-37-16-13-23(14-17-37)15-18-40-30-12-9-25(19-28(30)32)29-20-31(34-22-33-29)35-26-10-7-24(8-11-26)21-41-36-42(38,39)27-5-3-2-4-6-27/h2-12,19-20,22-23,36H,13-18,21H2,1H3,(H,33,34,35). The SMILES string of the molecule is CN1CCC(CCOc2ccc(-c3cc(Nc4ccc(CONS(=O)(=O)c5ccccc5)cc4)ncn3)cc2F)CC1. The van der Waals surface area contributed by atoms with Crippen LogP contribution in [0.5, 0.6) is 5.75 Å². The molecular formula is C31H34FN5O4S. The summed E-state index contributed by atoms with van der Waals surface area (Å²) in [6, 6.07) is 21.9. The van der Waals surface area contributed by atoms with Crippen molar-refractivity contribution in [1.29, 1.82) is 0 Å². The molecule has 0 radical (unpaired) electrons. The van der Waals surface area contributed by atoms with E-state index in [1.165, 1.54) is 24.5 Å². The molecule has 2 N–H and O–H groups in total. The van der Waals surface area contributed by atoms with Gasteiger partial charge in [-0.05, 0) is 93.3 Å². The van der Waals surface area contributed by atoms with E-state index in [4.69, 9.17) is 9.57 Å². The van der Waals surface area contributed by atoms with Crippen molar-refractivity contribution in [1.82, 2.24) is 19.8 Å². The maximum atomic E-state index is 14.8. The molecule has 4 aromatic rings. The second-order valence-electron chi connectivity index (χ2n) is 10.3. The van der Waals surface area contributed by atoms with Gasteiger partial charge in [-0.15, -0.1) is 0 Å². The molecule has 0 atom stereocenters. The fraction of sp³-hybridized carbons (Fsp3) is 0.290. The van der Waals surface area contributed by atoms with Crippen LogP contribution in [0.25, 0.3) is 11.3 Å². The Morgan fingerprint density at radius 3 is 2.48 bits per heavy atom. The Hall–Kier alpha value is -3.90. The third-order valence-corrected chi connectivity index (χ3v) is 8.43. The van der Waals surface area contributed by atoms with Crippen molar-refractivity contribution >= 4 is 21.5 Å². The number of halogens is 1. The predicted molar refractivity (Wildman–Crippen MR) is 159 cm³/mol. The number of sulfonamides is 1. The predicted octanol–water partition coefficient (Wildman–Crippen LogP) is 5.55. The van der Waals surface area contributed by atoms with Crippen molar-refractivity contribution < 1.29 is 22.4 Å². The van der Waals surface area contributed by atoms with Gasteiger partial charge in [-0.1, -0.05) is 35.2 Å². The number of aromatic nitrogens is 2.